The number of carbonyl (C=O) groups is 2. The Bertz CT molecular complexity index is 222. The van der Waals surface area contributed by atoms with Gasteiger partial charge in [0.05, 0.1) is 7.11 Å². The minimum Gasteiger partial charge on any atom is -0.453 e. The second kappa shape index (κ2) is 7.09. The van der Waals surface area contributed by atoms with E-state index in [1.54, 1.807) is 0 Å². The minimum absolute atomic E-state index is 0. The van der Waals surface area contributed by atoms with Crippen LogP contribution in [0.15, 0.2) is 0 Å². The van der Waals surface area contributed by atoms with Crippen LogP contribution >= 0.6 is 0 Å². The number of ether oxygens (including phenoxy) is 1. The van der Waals surface area contributed by atoms with E-state index in [2.05, 4.69) is 10.1 Å². The van der Waals surface area contributed by atoms with Crippen LogP contribution in [0, 0.1) is 0 Å². The van der Waals surface area contributed by atoms with Crippen molar-refractivity contribution in [1.82, 2.24) is 10.2 Å². The van der Waals surface area contributed by atoms with E-state index in [9.17, 15) is 9.59 Å². The average Bonchev–Trinajstić information content (AvgIpc) is 2.17. The molecule has 2 amide bonds. The van der Waals surface area contributed by atoms with E-state index in [-0.39, 0.29) is 13.4 Å². The standard InChI is InChI=1S/C10H20N2O3.H2/c1-5-11-9(13)6-7-12(8(2)3)10(14)15-4;/h8H,5-7H2,1-4H3,(H,11,13);1H. The summed E-state index contributed by atoms with van der Waals surface area (Å²) in [6.07, 6.45) is -0.0875. The predicted molar refractivity (Wildman–Crippen MR) is 59.7 cm³/mol. The highest BCUT2D eigenvalue weighted by molar-refractivity contribution is 5.77. The molecule has 1 N–H and O–H groups in total. The summed E-state index contributed by atoms with van der Waals surface area (Å²) in [7, 11) is 1.34. The monoisotopic (exact) mass is 218 g/mol. The lowest BCUT2D eigenvalue weighted by atomic mass is 10.3. The lowest BCUT2D eigenvalue weighted by molar-refractivity contribution is -0.121. The van der Waals surface area contributed by atoms with Gasteiger partial charge in [-0.2, -0.15) is 0 Å². The molecule has 0 aliphatic carbocycles. The highest BCUT2D eigenvalue weighted by Gasteiger charge is 2.17. The van der Waals surface area contributed by atoms with Gasteiger partial charge >= 0.3 is 6.09 Å². The summed E-state index contributed by atoms with van der Waals surface area (Å²) >= 11 is 0. The third-order valence-electron chi connectivity index (χ3n) is 1.99. The number of nitrogens with one attached hydrogen (secondary N) is 1. The van der Waals surface area contributed by atoms with Crippen LogP contribution in [0.4, 0.5) is 4.79 Å². The number of hydrogen-bond donors (Lipinski definition) is 1. The molecular weight excluding hydrogens is 196 g/mol. The summed E-state index contributed by atoms with van der Waals surface area (Å²) in [6.45, 7) is 6.62. The second-order valence-electron chi connectivity index (χ2n) is 3.46. The van der Waals surface area contributed by atoms with Crippen LogP contribution in [-0.4, -0.2) is 43.1 Å². The lowest BCUT2D eigenvalue weighted by Gasteiger charge is -2.24. The molecule has 15 heavy (non-hydrogen) atoms. The van der Waals surface area contributed by atoms with Gasteiger partial charge in [-0.05, 0) is 20.8 Å². The van der Waals surface area contributed by atoms with E-state index < -0.39 is 6.09 Å². The second-order valence-corrected chi connectivity index (χ2v) is 3.46. The Balaban J connectivity index is 0. The summed E-state index contributed by atoms with van der Waals surface area (Å²) in [5, 5.41) is 2.68. The molecule has 0 rings (SSSR count). The van der Waals surface area contributed by atoms with Gasteiger partial charge in [0.15, 0.2) is 0 Å². The van der Waals surface area contributed by atoms with Gasteiger partial charge in [0.1, 0.15) is 0 Å². The van der Waals surface area contributed by atoms with Gasteiger partial charge in [-0.1, -0.05) is 0 Å². The first-order valence-corrected chi connectivity index (χ1v) is 5.14. The SMILES string of the molecule is CCNC(=O)CCN(C(=O)OC)C(C)C.[HH]. The van der Waals surface area contributed by atoms with Crippen molar-refractivity contribution in [1.29, 1.82) is 0 Å². The Hall–Kier alpha value is -1.26. The Morgan fingerprint density at radius 1 is 1.47 bits per heavy atom. The summed E-state index contributed by atoms with van der Waals surface area (Å²) in [6, 6.07) is 0.0341. The van der Waals surface area contributed by atoms with Crippen molar-refractivity contribution >= 4 is 12.0 Å². The highest BCUT2D eigenvalue weighted by atomic mass is 16.5. The molecule has 0 aliphatic rings. The van der Waals surface area contributed by atoms with Crippen LogP contribution in [0.2, 0.25) is 0 Å². The van der Waals surface area contributed by atoms with Crippen LogP contribution in [-0.2, 0) is 9.53 Å². The number of hydrogen-bond acceptors (Lipinski definition) is 3. The maximum absolute atomic E-state index is 11.3. The Labute approximate surface area is 92.3 Å². The lowest BCUT2D eigenvalue weighted by Crippen LogP contribution is -2.39. The zero-order valence-electron chi connectivity index (χ0n) is 9.87. The van der Waals surface area contributed by atoms with E-state index in [1.807, 2.05) is 20.8 Å². The van der Waals surface area contributed by atoms with Crippen molar-refractivity contribution in [3.63, 3.8) is 0 Å². The van der Waals surface area contributed by atoms with Crippen molar-refractivity contribution in [2.24, 2.45) is 0 Å². The molecule has 0 saturated heterocycles. The minimum atomic E-state index is -0.394. The molecule has 0 saturated carbocycles. The van der Waals surface area contributed by atoms with Crippen LogP contribution in [0.3, 0.4) is 0 Å². The number of amides is 2. The van der Waals surface area contributed by atoms with Crippen LogP contribution in [0.5, 0.6) is 0 Å². The first-order chi connectivity index (χ1) is 7.02. The van der Waals surface area contributed by atoms with Crippen molar-refractivity contribution in [3.05, 3.63) is 0 Å². The molecule has 0 bridgehead atoms. The molecule has 0 spiro atoms. The summed E-state index contributed by atoms with van der Waals surface area (Å²) in [5.41, 5.74) is 0. The largest absolute Gasteiger partial charge is 0.453 e. The maximum atomic E-state index is 11.3. The topological polar surface area (TPSA) is 58.6 Å². The molecule has 0 aromatic heterocycles. The molecule has 0 fully saturated rings. The van der Waals surface area contributed by atoms with Crippen molar-refractivity contribution in [3.8, 4) is 0 Å². The zero-order valence-corrected chi connectivity index (χ0v) is 9.87. The van der Waals surface area contributed by atoms with Gasteiger partial charge in [-0.3, -0.25) is 4.79 Å². The molecule has 0 atom stereocenters. The molecule has 0 aromatic rings. The summed E-state index contributed by atoms with van der Waals surface area (Å²) in [5.74, 6) is -0.0490. The molecule has 0 radical (unpaired) electrons. The molecule has 5 nitrogen and oxygen atoms in total. The molecule has 0 unspecified atom stereocenters. The first-order valence-electron chi connectivity index (χ1n) is 5.14. The fourth-order valence-corrected chi connectivity index (χ4v) is 1.19. The van der Waals surface area contributed by atoms with Crippen LogP contribution in [0.25, 0.3) is 0 Å². The number of nitrogens with zero attached hydrogens (tertiary/aromatic N) is 1. The number of carbonyl (C=O) groups excluding carboxylic acids is 2. The van der Waals surface area contributed by atoms with Gasteiger partial charge in [0, 0.05) is 27.0 Å². The zero-order chi connectivity index (χ0) is 11.8. The van der Waals surface area contributed by atoms with E-state index in [1.165, 1.54) is 12.0 Å². The fourth-order valence-electron chi connectivity index (χ4n) is 1.19. The molecular formula is C10H22N2O3. The maximum Gasteiger partial charge on any atom is 0.409 e. The highest BCUT2D eigenvalue weighted by Crippen LogP contribution is 2.02. The molecule has 90 valence electrons. The van der Waals surface area contributed by atoms with Gasteiger partial charge in [0.25, 0.3) is 0 Å². The summed E-state index contributed by atoms with van der Waals surface area (Å²) in [4.78, 5) is 24.0. The van der Waals surface area contributed by atoms with E-state index in [4.69, 9.17) is 0 Å². The van der Waals surface area contributed by atoms with Gasteiger partial charge < -0.3 is 15.0 Å². The molecule has 0 heterocycles. The van der Waals surface area contributed by atoms with Crippen molar-refractivity contribution in [2.45, 2.75) is 33.2 Å². The Morgan fingerprint density at radius 3 is 2.47 bits per heavy atom. The average molecular weight is 218 g/mol. The fraction of sp³-hybridized carbons (Fsp3) is 0.800. The normalized spacial score (nSPS) is 9.93. The Morgan fingerprint density at radius 2 is 2.07 bits per heavy atom. The van der Waals surface area contributed by atoms with Crippen molar-refractivity contribution < 1.29 is 15.8 Å². The van der Waals surface area contributed by atoms with Crippen LogP contribution < -0.4 is 5.32 Å². The summed E-state index contributed by atoms with van der Waals surface area (Å²) < 4.78 is 4.62. The predicted octanol–water partition coefficient (Wildman–Crippen LogP) is 1.24. The van der Waals surface area contributed by atoms with E-state index in [0.29, 0.717) is 19.5 Å². The van der Waals surface area contributed by atoms with E-state index in [0.717, 1.165) is 0 Å². The Kier molecular flexibility index (Phi) is 6.49. The van der Waals surface area contributed by atoms with Crippen LogP contribution in [0.1, 0.15) is 28.6 Å². The molecule has 0 aliphatic heterocycles. The van der Waals surface area contributed by atoms with Gasteiger partial charge in [-0.15, -0.1) is 0 Å². The smallest absolute Gasteiger partial charge is 0.409 e. The van der Waals surface area contributed by atoms with Gasteiger partial charge in [-0.25, -0.2) is 4.79 Å². The van der Waals surface area contributed by atoms with Crippen molar-refractivity contribution in [2.75, 3.05) is 20.2 Å². The quantitative estimate of drug-likeness (QED) is 0.755. The number of methoxy groups -OCH3 is 1. The number of rotatable bonds is 5. The van der Waals surface area contributed by atoms with E-state index >= 15 is 0 Å². The van der Waals surface area contributed by atoms with Gasteiger partial charge in [0.2, 0.25) is 5.91 Å². The third kappa shape index (κ3) is 5.24. The molecule has 0 aromatic carbocycles. The molecule has 5 heteroatoms. The first kappa shape index (κ1) is 13.7. The third-order valence-corrected chi connectivity index (χ3v) is 1.99.